The lowest BCUT2D eigenvalue weighted by molar-refractivity contribution is -0.122. The molecule has 29 heavy (non-hydrogen) atoms. The molecular formula is C22H28N4O2S. The number of amides is 1. The van der Waals surface area contributed by atoms with Crippen molar-refractivity contribution in [3.05, 3.63) is 29.8 Å². The maximum atomic E-state index is 12.6. The Morgan fingerprint density at radius 2 is 1.86 bits per heavy atom. The Morgan fingerprint density at radius 3 is 2.45 bits per heavy atom. The molecule has 1 aliphatic carbocycles. The summed E-state index contributed by atoms with van der Waals surface area (Å²) < 4.78 is 5.75. The van der Waals surface area contributed by atoms with Gasteiger partial charge in [0.2, 0.25) is 11.8 Å². The Labute approximate surface area is 176 Å². The molecule has 2 aromatic rings. The summed E-state index contributed by atoms with van der Waals surface area (Å²) in [6, 6.07) is 10.4. The van der Waals surface area contributed by atoms with Crippen molar-refractivity contribution in [1.82, 2.24) is 15.5 Å². The smallest absolute Gasteiger partial charge is 0.277 e. The Morgan fingerprint density at radius 1 is 1.21 bits per heavy atom. The van der Waals surface area contributed by atoms with Crippen molar-refractivity contribution in [2.45, 2.75) is 81.2 Å². The number of rotatable bonds is 5. The highest BCUT2D eigenvalue weighted by molar-refractivity contribution is 8.00. The maximum absolute atomic E-state index is 12.6. The van der Waals surface area contributed by atoms with Crippen molar-refractivity contribution in [3.8, 4) is 17.5 Å². The van der Waals surface area contributed by atoms with E-state index in [4.69, 9.17) is 4.42 Å². The van der Waals surface area contributed by atoms with E-state index in [2.05, 4.69) is 54.5 Å². The zero-order chi connectivity index (χ0) is 21.1. The second-order valence-electron chi connectivity index (χ2n) is 8.70. The van der Waals surface area contributed by atoms with Crippen LogP contribution in [0, 0.1) is 11.3 Å². The van der Waals surface area contributed by atoms with Gasteiger partial charge in [0.15, 0.2) is 0 Å². The van der Waals surface area contributed by atoms with E-state index in [-0.39, 0.29) is 11.3 Å². The summed E-state index contributed by atoms with van der Waals surface area (Å²) in [6.07, 6.45) is 4.47. The lowest BCUT2D eigenvalue weighted by atomic mass is 9.83. The summed E-state index contributed by atoms with van der Waals surface area (Å²) in [4.78, 5) is 12.6. The average Bonchev–Trinajstić information content (AvgIpc) is 3.16. The van der Waals surface area contributed by atoms with Crippen LogP contribution in [0.4, 0.5) is 0 Å². The minimum Gasteiger partial charge on any atom is -0.411 e. The van der Waals surface area contributed by atoms with Crippen molar-refractivity contribution in [3.63, 3.8) is 0 Å². The molecule has 1 amide bonds. The van der Waals surface area contributed by atoms with Gasteiger partial charge in [-0.05, 0) is 42.9 Å². The summed E-state index contributed by atoms with van der Waals surface area (Å²) in [5.41, 5.74) is 1.42. The van der Waals surface area contributed by atoms with Gasteiger partial charge in [-0.15, -0.1) is 10.2 Å². The minimum atomic E-state index is -0.737. The molecule has 0 saturated heterocycles. The number of aromatic nitrogens is 2. The number of nitrogens with one attached hydrogen (secondary N) is 1. The highest BCUT2D eigenvalue weighted by Gasteiger charge is 2.35. The number of hydrogen-bond donors (Lipinski definition) is 1. The van der Waals surface area contributed by atoms with Gasteiger partial charge in [-0.3, -0.25) is 4.79 Å². The van der Waals surface area contributed by atoms with E-state index in [1.807, 2.05) is 12.1 Å². The van der Waals surface area contributed by atoms with Gasteiger partial charge in [-0.25, -0.2) is 0 Å². The van der Waals surface area contributed by atoms with Gasteiger partial charge >= 0.3 is 0 Å². The first-order chi connectivity index (χ1) is 13.7. The molecule has 0 unspecified atom stereocenters. The van der Waals surface area contributed by atoms with Gasteiger partial charge in [0, 0.05) is 5.56 Å². The Bertz CT molecular complexity index is 887. The summed E-state index contributed by atoms with van der Waals surface area (Å²) in [5.74, 6) is 0.258. The largest absolute Gasteiger partial charge is 0.411 e. The first kappa shape index (κ1) is 21.4. The predicted octanol–water partition coefficient (Wildman–Crippen LogP) is 4.86. The van der Waals surface area contributed by atoms with Crippen molar-refractivity contribution >= 4 is 17.7 Å². The number of carbonyl (C=O) groups is 1. The molecule has 1 aliphatic rings. The van der Waals surface area contributed by atoms with Crippen molar-refractivity contribution in [1.29, 1.82) is 5.26 Å². The standard InChI is InChI=1S/C22H28N4O2S/c1-15(18(27)24-22(14-23)12-6-5-7-13-22)29-20-26-25-19(28-20)16-8-10-17(11-9-16)21(2,3)4/h8-11,15H,5-7,12-13H2,1-4H3,(H,24,27)/t15-/m0/s1. The van der Waals surface area contributed by atoms with E-state index >= 15 is 0 Å². The lowest BCUT2D eigenvalue weighted by Gasteiger charge is -2.32. The highest BCUT2D eigenvalue weighted by atomic mass is 32.2. The summed E-state index contributed by atoms with van der Waals surface area (Å²) >= 11 is 1.21. The normalized spacial score (nSPS) is 17.3. The zero-order valence-corrected chi connectivity index (χ0v) is 18.3. The maximum Gasteiger partial charge on any atom is 0.277 e. The SMILES string of the molecule is C[C@H](Sc1nnc(-c2ccc(C(C)(C)C)cc2)o1)C(=O)NC1(C#N)CCCCC1. The molecule has 1 N–H and O–H groups in total. The molecule has 0 bridgehead atoms. The fraction of sp³-hybridized carbons (Fsp3) is 0.545. The van der Waals surface area contributed by atoms with Gasteiger partial charge in [-0.2, -0.15) is 5.26 Å². The molecular weight excluding hydrogens is 384 g/mol. The van der Waals surface area contributed by atoms with Crippen LogP contribution in [0.2, 0.25) is 0 Å². The molecule has 7 heteroatoms. The van der Waals surface area contributed by atoms with Gasteiger partial charge in [0.05, 0.1) is 11.3 Å². The van der Waals surface area contributed by atoms with Gasteiger partial charge in [-0.1, -0.05) is 63.9 Å². The van der Waals surface area contributed by atoms with E-state index in [9.17, 15) is 10.1 Å². The first-order valence-electron chi connectivity index (χ1n) is 10.1. The predicted molar refractivity (Wildman–Crippen MR) is 113 cm³/mol. The molecule has 1 atom stereocenters. The number of benzene rings is 1. The molecule has 1 aromatic carbocycles. The molecule has 0 spiro atoms. The van der Waals surface area contributed by atoms with Crippen LogP contribution in [-0.4, -0.2) is 26.9 Å². The Kier molecular flexibility index (Phi) is 6.33. The third-order valence-electron chi connectivity index (χ3n) is 5.33. The molecule has 1 fully saturated rings. The second kappa shape index (κ2) is 8.58. The van der Waals surface area contributed by atoms with E-state index in [0.717, 1.165) is 24.8 Å². The van der Waals surface area contributed by atoms with Crippen molar-refractivity contribution in [2.24, 2.45) is 0 Å². The number of nitriles is 1. The van der Waals surface area contributed by atoms with Crippen LogP contribution in [0.3, 0.4) is 0 Å². The van der Waals surface area contributed by atoms with Crippen LogP contribution in [-0.2, 0) is 10.2 Å². The third kappa shape index (κ3) is 5.18. The second-order valence-corrected chi connectivity index (χ2v) is 10.00. The van der Waals surface area contributed by atoms with Crippen molar-refractivity contribution in [2.75, 3.05) is 0 Å². The van der Waals surface area contributed by atoms with Gasteiger partial charge in [0.25, 0.3) is 5.22 Å². The van der Waals surface area contributed by atoms with Crippen LogP contribution in [0.25, 0.3) is 11.5 Å². The number of thioether (sulfide) groups is 1. The van der Waals surface area contributed by atoms with E-state index < -0.39 is 10.8 Å². The topological polar surface area (TPSA) is 91.8 Å². The van der Waals surface area contributed by atoms with Crippen molar-refractivity contribution < 1.29 is 9.21 Å². The zero-order valence-electron chi connectivity index (χ0n) is 17.5. The van der Waals surface area contributed by atoms with Gasteiger partial charge < -0.3 is 9.73 Å². The van der Waals surface area contributed by atoms with Crippen LogP contribution >= 0.6 is 11.8 Å². The Balaban J connectivity index is 1.63. The molecule has 154 valence electrons. The minimum absolute atomic E-state index is 0.0797. The number of nitrogens with zero attached hydrogens (tertiary/aromatic N) is 3. The number of carbonyl (C=O) groups excluding carboxylic acids is 1. The molecule has 6 nitrogen and oxygen atoms in total. The first-order valence-corrected chi connectivity index (χ1v) is 10.9. The Hall–Kier alpha value is -2.33. The third-order valence-corrected chi connectivity index (χ3v) is 6.27. The molecule has 0 aliphatic heterocycles. The van der Waals surface area contributed by atoms with E-state index in [1.54, 1.807) is 6.92 Å². The van der Waals surface area contributed by atoms with Gasteiger partial charge in [0.1, 0.15) is 5.54 Å². The quantitative estimate of drug-likeness (QED) is 0.705. The summed E-state index contributed by atoms with van der Waals surface area (Å²) in [6.45, 7) is 8.29. The monoisotopic (exact) mass is 412 g/mol. The molecule has 1 heterocycles. The van der Waals surface area contributed by atoms with Crippen LogP contribution in [0.15, 0.2) is 33.9 Å². The van der Waals surface area contributed by atoms with Crippen LogP contribution in [0.1, 0.15) is 65.4 Å². The fourth-order valence-corrected chi connectivity index (χ4v) is 4.13. The average molecular weight is 413 g/mol. The summed E-state index contributed by atoms with van der Waals surface area (Å²) in [5, 5.41) is 20.6. The molecule has 1 aromatic heterocycles. The van der Waals surface area contributed by atoms with E-state index in [0.29, 0.717) is 24.0 Å². The summed E-state index contributed by atoms with van der Waals surface area (Å²) in [7, 11) is 0. The molecule has 1 saturated carbocycles. The lowest BCUT2D eigenvalue weighted by Crippen LogP contribution is -2.50. The van der Waals surface area contributed by atoms with Crippen LogP contribution in [0.5, 0.6) is 0 Å². The van der Waals surface area contributed by atoms with E-state index in [1.165, 1.54) is 17.3 Å². The molecule has 0 radical (unpaired) electrons. The highest BCUT2D eigenvalue weighted by Crippen LogP contribution is 2.31. The molecule has 3 rings (SSSR count). The van der Waals surface area contributed by atoms with Crippen LogP contribution < -0.4 is 5.32 Å². The number of hydrogen-bond acceptors (Lipinski definition) is 6. The fourth-order valence-electron chi connectivity index (χ4n) is 3.45.